The molecule has 0 aliphatic rings. The van der Waals surface area contributed by atoms with Crippen LogP contribution in [-0.4, -0.2) is 31.6 Å². The van der Waals surface area contributed by atoms with Gasteiger partial charge in [0, 0.05) is 24.5 Å². The Labute approximate surface area is 92.3 Å². The second kappa shape index (κ2) is 5.61. The number of likely N-dealkylation sites (N-methyl/N-ethyl adjacent to an activating group) is 1. The van der Waals surface area contributed by atoms with Gasteiger partial charge in [-0.2, -0.15) is 0 Å². The summed E-state index contributed by atoms with van der Waals surface area (Å²) in [4.78, 5) is 2.27. The van der Waals surface area contributed by atoms with Crippen molar-refractivity contribution < 1.29 is 0 Å². The van der Waals surface area contributed by atoms with Crippen LogP contribution in [0.5, 0.6) is 0 Å². The molecule has 0 aliphatic carbocycles. The molecule has 0 unspecified atom stereocenters. The number of rotatable bonds is 5. The Hall–Kier alpha value is -1.22. The van der Waals surface area contributed by atoms with E-state index >= 15 is 0 Å². The number of nitrogen functional groups attached to an aromatic ring is 1. The highest BCUT2D eigenvalue weighted by molar-refractivity contribution is 5.59. The van der Waals surface area contributed by atoms with E-state index in [1.807, 2.05) is 18.2 Å². The molecule has 0 heterocycles. The quantitative estimate of drug-likeness (QED) is 0.725. The monoisotopic (exact) mass is 207 g/mol. The highest BCUT2D eigenvalue weighted by Crippen LogP contribution is 2.17. The molecule has 0 atom stereocenters. The van der Waals surface area contributed by atoms with Crippen LogP contribution in [-0.2, 0) is 0 Å². The van der Waals surface area contributed by atoms with Crippen molar-refractivity contribution in [2.75, 3.05) is 37.7 Å². The van der Waals surface area contributed by atoms with Crippen LogP contribution >= 0.6 is 0 Å². The van der Waals surface area contributed by atoms with Crippen LogP contribution in [0.15, 0.2) is 18.2 Å². The summed E-state index contributed by atoms with van der Waals surface area (Å²) in [7, 11) is 2.12. The van der Waals surface area contributed by atoms with Crippen LogP contribution in [0.25, 0.3) is 0 Å². The Morgan fingerprint density at radius 1 is 1.40 bits per heavy atom. The zero-order valence-electron chi connectivity index (χ0n) is 9.88. The second-order valence-electron chi connectivity index (χ2n) is 3.90. The molecule has 0 saturated heterocycles. The van der Waals surface area contributed by atoms with Gasteiger partial charge in [-0.05, 0) is 38.2 Å². The Balaban J connectivity index is 2.46. The van der Waals surface area contributed by atoms with Crippen LogP contribution in [0.4, 0.5) is 11.4 Å². The molecule has 0 amide bonds. The first-order valence-electron chi connectivity index (χ1n) is 5.42. The molecule has 15 heavy (non-hydrogen) atoms. The third kappa shape index (κ3) is 3.80. The van der Waals surface area contributed by atoms with Gasteiger partial charge < -0.3 is 16.0 Å². The molecule has 3 N–H and O–H groups in total. The maximum atomic E-state index is 5.73. The van der Waals surface area contributed by atoms with Gasteiger partial charge in [0.25, 0.3) is 0 Å². The van der Waals surface area contributed by atoms with Gasteiger partial charge >= 0.3 is 0 Å². The number of hydrogen-bond acceptors (Lipinski definition) is 3. The van der Waals surface area contributed by atoms with Crippen molar-refractivity contribution in [3.63, 3.8) is 0 Å². The highest BCUT2D eigenvalue weighted by Gasteiger charge is 1.98. The summed E-state index contributed by atoms with van der Waals surface area (Å²) < 4.78 is 0. The lowest BCUT2D eigenvalue weighted by atomic mass is 10.2. The molecule has 1 aromatic carbocycles. The van der Waals surface area contributed by atoms with E-state index in [0.29, 0.717) is 0 Å². The largest absolute Gasteiger partial charge is 0.399 e. The fourth-order valence-electron chi connectivity index (χ4n) is 1.37. The topological polar surface area (TPSA) is 41.3 Å². The van der Waals surface area contributed by atoms with Gasteiger partial charge in [-0.1, -0.05) is 13.0 Å². The molecule has 3 heteroatoms. The summed E-state index contributed by atoms with van der Waals surface area (Å²) in [6.45, 7) is 7.33. The first-order chi connectivity index (χ1) is 7.13. The smallest absolute Gasteiger partial charge is 0.0390 e. The van der Waals surface area contributed by atoms with Crippen LogP contribution in [0.2, 0.25) is 0 Å². The van der Waals surface area contributed by atoms with Gasteiger partial charge in [-0.3, -0.25) is 0 Å². The van der Waals surface area contributed by atoms with Crippen molar-refractivity contribution in [3.8, 4) is 0 Å². The molecule has 3 nitrogen and oxygen atoms in total. The van der Waals surface area contributed by atoms with E-state index in [0.717, 1.165) is 31.0 Å². The summed E-state index contributed by atoms with van der Waals surface area (Å²) in [5, 5.41) is 3.40. The first-order valence-corrected chi connectivity index (χ1v) is 5.42. The Bertz CT molecular complexity index is 310. The molecule has 84 valence electrons. The molecular formula is C12H21N3. The van der Waals surface area contributed by atoms with Gasteiger partial charge in [0.1, 0.15) is 0 Å². The molecule has 1 rings (SSSR count). The normalized spacial score (nSPS) is 10.7. The Morgan fingerprint density at radius 2 is 2.13 bits per heavy atom. The first kappa shape index (κ1) is 11.9. The van der Waals surface area contributed by atoms with E-state index in [1.54, 1.807) is 0 Å². The van der Waals surface area contributed by atoms with Gasteiger partial charge in [-0.15, -0.1) is 0 Å². The van der Waals surface area contributed by atoms with Crippen LogP contribution in [0.1, 0.15) is 12.5 Å². The summed E-state index contributed by atoms with van der Waals surface area (Å²) in [6, 6.07) is 5.96. The number of nitrogens with two attached hydrogens (primary N) is 1. The van der Waals surface area contributed by atoms with E-state index in [1.165, 1.54) is 5.56 Å². The predicted octanol–water partition coefficient (Wildman–Crippen LogP) is 1.94. The lowest BCUT2D eigenvalue weighted by Gasteiger charge is -2.15. The maximum Gasteiger partial charge on any atom is 0.0390 e. The minimum absolute atomic E-state index is 0.812. The molecule has 0 aliphatic heterocycles. The van der Waals surface area contributed by atoms with E-state index in [9.17, 15) is 0 Å². The fraction of sp³-hybridized carbons (Fsp3) is 0.500. The van der Waals surface area contributed by atoms with E-state index in [2.05, 4.69) is 31.1 Å². The standard InChI is InChI=1S/C12H21N3/c1-4-15(3)8-7-14-12-9-11(13)6-5-10(12)2/h5-6,9,14H,4,7-8,13H2,1-3H3. The van der Waals surface area contributed by atoms with E-state index < -0.39 is 0 Å². The zero-order chi connectivity index (χ0) is 11.3. The molecule has 0 aromatic heterocycles. The molecule has 0 fully saturated rings. The molecule has 1 aromatic rings. The number of hydrogen-bond donors (Lipinski definition) is 2. The van der Waals surface area contributed by atoms with Gasteiger partial charge in [0.15, 0.2) is 0 Å². The Morgan fingerprint density at radius 3 is 2.80 bits per heavy atom. The summed E-state index contributed by atoms with van der Waals surface area (Å²) in [6.07, 6.45) is 0. The highest BCUT2D eigenvalue weighted by atomic mass is 15.1. The number of benzene rings is 1. The van der Waals surface area contributed by atoms with Crippen molar-refractivity contribution >= 4 is 11.4 Å². The van der Waals surface area contributed by atoms with Crippen molar-refractivity contribution in [3.05, 3.63) is 23.8 Å². The number of aryl methyl sites for hydroxylation is 1. The minimum atomic E-state index is 0.812. The third-order valence-electron chi connectivity index (χ3n) is 2.61. The van der Waals surface area contributed by atoms with E-state index in [-0.39, 0.29) is 0 Å². The van der Waals surface area contributed by atoms with Crippen molar-refractivity contribution in [2.24, 2.45) is 0 Å². The maximum absolute atomic E-state index is 5.73. The third-order valence-corrected chi connectivity index (χ3v) is 2.61. The summed E-state index contributed by atoms with van der Waals surface area (Å²) in [5.41, 5.74) is 8.92. The van der Waals surface area contributed by atoms with Crippen LogP contribution in [0, 0.1) is 6.92 Å². The van der Waals surface area contributed by atoms with Crippen molar-refractivity contribution in [1.29, 1.82) is 0 Å². The predicted molar refractivity (Wildman–Crippen MR) is 67.3 cm³/mol. The van der Waals surface area contributed by atoms with Gasteiger partial charge in [-0.25, -0.2) is 0 Å². The number of nitrogens with one attached hydrogen (secondary N) is 1. The second-order valence-corrected chi connectivity index (χ2v) is 3.90. The summed E-state index contributed by atoms with van der Waals surface area (Å²) >= 11 is 0. The molecule has 0 spiro atoms. The van der Waals surface area contributed by atoms with Crippen molar-refractivity contribution in [1.82, 2.24) is 4.90 Å². The van der Waals surface area contributed by atoms with Gasteiger partial charge in [0.05, 0.1) is 0 Å². The minimum Gasteiger partial charge on any atom is -0.399 e. The average molecular weight is 207 g/mol. The molecule has 0 bridgehead atoms. The SMILES string of the molecule is CCN(C)CCNc1cc(N)ccc1C. The van der Waals surface area contributed by atoms with Crippen LogP contribution < -0.4 is 11.1 Å². The van der Waals surface area contributed by atoms with Crippen molar-refractivity contribution in [2.45, 2.75) is 13.8 Å². The lowest BCUT2D eigenvalue weighted by Crippen LogP contribution is -2.24. The fourth-order valence-corrected chi connectivity index (χ4v) is 1.37. The van der Waals surface area contributed by atoms with Crippen LogP contribution in [0.3, 0.4) is 0 Å². The molecular weight excluding hydrogens is 186 g/mol. The molecule has 0 radical (unpaired) electrons. The number of nitrogens with zero attached hydrogens (tertiary/aromatic N) is 1. The Kier molecular flexibility index (Phi) is 4.43. The van der Waals surface area contributed by atoms with E-state index in [4.69, 9.17) is 5.73 Å². The number of anilines is 2. The average Bonchev–Trinajstić information content (AvgIpc) is 2.23. The molecule has 0 saturated carbocycles. The lowest BCUT2D eigenvalue weighted by molar-refractivity contribution is 0.367. The zero-order valence-corrected chi connectivity index (χ0v) is 9.88. The summed E-state index contributed by atoms with van der Waals surface area (Å²) in [5.74, 6) is 0. The van der Waals surface area contributed by atoms with Gasteiger partial charge in [0.2, 0.25) is 0 Å².